The summed E-state index contributed by atoms with van der Waals surface area (Å²) in [5.74, 6) is -0.561. The molecule has 0 spiro atoms. The Morgan fingerprint density at radius 3 is 2.89 bits per heavy atom. The lowest BCUT2D eigenvalue weighted by atomic mass is 9.76. The van der Waals surface area contributed by atoms with Crippen LogP contribution in [0.5, 0.6) is 0 Å². The molecule has 19 heavy (non-hydrogen) atoms. The van der Waals surface area contributed by atoms with Gasteiger partial charge in [0, 0.05) is 25.5 Å². The van der Waals surface area contributed by atoms with Crippen LogP contribution in [0, 0.1) is 11.3 Å². The molecule has 0 bridgehead atoms. The van der Waals surface area contributed by atoms with Crippen LogP contribution in [0.2, 0.25) is 5.02 Å². The Bertz CT molecular complexity index is 478. The zero-order chi connectivity index (χ0) is 14.0. The van der Waals surface area contributed by atoms with E-state index >= 15 is 0 Å². The van der Waals surface area contributed by atoms with E-state index in [0.717, 1.165) is 12.1 Å². The maximum absolute atomic E-state index is 11.6. The number of halogens is 1. The largest absolute Gasteiger partial charge is 0.481 e. The predicted octanol–water partition coefficient (Wildman–Crippen LogP) is 2.67. The number of carbonyl (C=O) groups is 1. The van der Waals surface area contributed by atoms with E-state index in [2.05, 4.69) is 9.88 Å². The average Bonchev–Trinajstić information content (AvgIpc) is 2.77. The zero-order valence-corrected chi connectivity index (χ0v) is 12.0. The lowest BCUT2D eigenvalue weighted by Crippen LogP contribution is -2.39. The summed E-state index contributed by atoms with van der Waals surface area (Å²) < 4.78 is 0. The van der Waals surface area contributed by atoms with Gasteiger partial charge in [-0.2, -0.15) is 0 Å². The van der Waals surface area contributed by atoms with E-state index in [0.29, 0.717) is 24.5 Å². The van der Waals surface area contributed by atoms with Crippen molar-refractivity contribution in [1.29, 1.82) is 0 Å². The molecule has 1 atom stereocenters. The highest BCUT2D eigenvalue weighted by molar-refractivity contribution is 6.31. The van der Waals surface area contributed by atoms with Crippen LogP contribution in [-0.4, -0.2) is 34.0 Å². The molecule has 1 aliphatic heterocycles. The summed E-state index contributed by atoms with van der Waals surface area (Å²) in [5.41, 5.74) is 0.376. The SMILES string of the molecule is CC(C)C1(C(=O)O)CCN(Cc2ccncc2Cl)C1. The van der Waals surface area contributed by atoms with Gasteiger partial charge < -0.3 is 5.11 Å². The minimum atomic E-state index is -0.689. The molecule has 0 aromatic carbocycles. The van der Waals surface area contributed by atoms with Gasteiger partial charge in [0.25, 0.3) is 0 Å². The first-order chi connectivity index (χ1) is 8.95. The van der Waals surface area contributed by atoms with Crippen molar-refractivity contribution in [3.8, 4) is 0 Å². The summed E-state index contributed by atoms with van der Waals surface area (Å²) in [6.07, 6.45) is 4.03. The molecule has 1 aliphatic rings. The molecule has 2 rings (SSSR count). The predicted molar refractivity (Wildman–Crippen MR) is 74.0 cm³/mol. The van der Waals surface area contributed by atoms with E-state index in [4.69, 9.17) is 11.6 Å². The van der Waals surface area contributed by atoms with Gasteiger partial charge in [-0.15, -0.1) is 0 Å². The van der Waals surface area contributed by atoms with Gasteiger partial charge in [-0.3, -0.25) is 14.7 Å². The molecule has 5 heteroatoms. The minimum Gasteiger partial charge on any atom is -0.481 e. The summed E-state index contributed by atoms with van der Waals surface area (Å²) in [6.45, 7) is 6.03. The number of nitrogens with zero attached hydrogens (tertiary/aromatic N) is 2. The Morgan fingerprint density at radius 1 is 1.63 bits per heavy atom. The van der Waals surface area contributed by atoms with Gasteiger partial charge in [-0.1, -0.05) is 25.4 Å². The van der Waals surface area contributed by atoms with Crippen molar-refractivity contribution in [3.05, 3.63) is 29.0 Å². The fraction of sp³-hybridized carbons (Fsp3) is 0.571. The minimum absolute atomic E-state index is 0.128. The first kappa shape index (κ1) is 14.3. The fourth-order valence-corrected chi connectivity index (χ4v) is 2.89. The second kappa shape index (κ2) is 5.47. The van der Waals surface area contributed by atoms with E-state index in [1.807, 2.05) is 19.9 Å². The number of carboxylic acid groups (broad SMARTS) is 1. The summed E-state index contributed by atoms with van der Waals surface area (Å²) in [5, 5.41) is 10.1. The number of likely N-dealkylation sites (tertiary alicyclic amines) is 1. The Labute approximate surface area is 118 Å². The smallest absolute Gasteiger partial charge is 0.311 e. The topological polar surface area (TPSA) is 53.4 Å². The van der Waals surface area contributed by atoms with Crippen LogP contribution >= 0.6 is 11.6 Å². The highest BCUT2D eigenvalue weighted by Gasteiger charge is 2.47. The van der Waals surface area contributed by atoms with Gasteiger partial charge in [0.1, 0.15) is 0 Å². The van der Waals surface area contributed by atoms with Crippen LogP contribution in [0.25, 0.3) is 0 Å². The Hall–Kier alpha value is -1.13. The lowest BCUT2D eigenvalue weighted by molar-refractivity contribution is -0.151. The molecule has 0 aliphatic carbocycles. The first-order valence-corrected chi connectivity index (χ1v) is 6.87. The molecule has 1 aromatic rings. The molecule has 1 saturated heterocycles. The van der Waals surface area contributed by atoms with Crippen LogP contribution in [0.3, 0.4) is 0 Å². The molecule has 0 saturated carbocycles. The van der Waals surface area contributed by atoms with Crippen molar-refractivity contribution < 1.29 is 9.90 Å². The molecule has 1 N–H and O–H groups in total. The molecule has 4 nitrogen and oxygen atoms in total. The second-order valence-corrected chi connectivity index (χ2v) is 5.95. The number of carboxylic acids is 1. The molecule has 1 aromatic heterocycles. The van der Waals surface area contributed by atoms with E-state index in [-0.39, 0.29) is 5.92 Å². The number of rotatable bonds is 4. The number of aromatic nitrogens is 1. The van der Waals surface area contributed by atoms with Crippen molar-refractivity contribution >= 4 is 17.6 Å². The lowest BCUT2D eigenvalue weighted by Gasteiger charge is -2.29. The van der Waals surface area contributed by atoms with Crippen LogP contribution in [0.4, 0.5) is 0 Å². The van der Waals surface area contributed by atoms with Crippen LogP contribution in [-0.2, 0) is 11.3 Å². The van der Waals surface area contributed by atoms with Gasteiger partial charge >= 0.3 is 5.97 Å². The van der Waals surface area contributed by atoms with Crippen LogP contribution < -0.4 is 0 Å². The number of aliphatic carboxylic acids is 1. The summed E-state index contributed by atoms with van der Waals surface area (Å²) in [4.78, 5) is 17.7. The zero-order valence-electron chi connectivity index (χ0n) is 11.3. The normalized spacial score (nSPS) is 24.0. The molecular weight excluding hydrogens is 264 g/mol. The Morgan fingerprint density at radius 2 is 2.37 bits per heavy atom. The molecule has 104 valence electrons. The summed E-state index contributed by atoms with van der Waals surface area (Å²) >= 11 is 6.09. The first-order valence-electron chi connectivity index (χ1n) is 6.50. The third-order valence-electron chi connectivity index (χ3n) is 4.16. The Kier molecular flexibility index (Phi) is 4.11. The molecule has 0 radical (unpaired) electrons. The third kappa shape index (κ3) is 2.74. The standard InChI is InChI=1S/C14H19ClN2O2/c1-10(2)14(13(18)19)4-6-17(9-14)8-11-3-5-16-7-12(11)15/h3,5,7,10H,4,6,8-9H2,1-2H3,(H,18,19). The van der Waals surface area contributed by atoms with Gasteiger partial charge in [-0.05, 0) is 30.5 Å². The number of hydrogen-bond donors (Lipinski definition) is 1. The van der Waals surface area contributed by atoms with E-state index in [1.165, 1.54) is 0 Å². The second-order valence-electron chi connectivity index (χ2n) is 5.54. The summed E-state index contributed by atoms with van der Waals surface area (Å²) in [7, 11) is 0. The third-order valence-corrected chi connectivity index (χ3v) is 4.50. The molecule has 1 unspecified atom stereocenters. The van der Waals surface area contributed by atoms with Gasteiger partial charge in [0.15, 0.2) is 0 Å². The number of pyridine rings is 1. The van der Waals surface area contributed by atoms with Gasteiger partial charge in [0.2, 0.25) is 0 Å². The van der Waals surface area contributed by atoms with Crippen molar-refractivity contribution in [2.24, 2.45) is 11.3 Å². The monoisotopic (exact) mass is 282 g/mol. The van der Waals surface area contributed by atoms with Gasteiger partial charge in [0.05, 0.1) is 10.4 Å². The van der Waals surface area contributed by atoms with Crippen LogP contribution in [0.1, 0.15) is 25.8 Å². The van der Waals surface area contributed by atoms with E-state index in [9.17, 15) is 9.90 Å². The fourth-order valence-electron chi connectivity index (χ4n) is 2.72. The molecule has 0 amide bonds. The Balaban J connectivity index is 2.10. The molecular formula is C14H19ClN2O2. The van der Waals surface area contributed by atoms with Crippen molar-refractivity contribution in [2.75, 3.05) is 13.1 Å². The van der Waals surface area contributed by atoms with E-state index in [1.54, 1.807) is 12.4 Å². The maximum Gasteiger partial charge on any atom is 0.311 e. The van der Waals surface area contributed by atoms with Crippen molar-refractivity contribution in [1.82, 2.24) is 9.88 Å². The van der Waals surface area contributed by atoms with Crippen LogP contribution in [0.15, 0.2) is 18.5 Å². The average molecular weight is 283 g/mol. The van der Waals surface area contributed by atoms with E-state index < -0.39 is 11.4 Å². The quantitative estimate of drug-likeness (QED) is 0.922. The molecule has 1 fully saturated rings. The van der Waals surface area contributed by atoms with Crippen molar-refractivity contribution in [3.63, 3.8) is 0 Å². The highest BCUT2D eigenvalue weighted by Crippen LogP contribution is 2.38. The number of hydrogen-bond acceptors (Lipinski definition) is 3. The van der Waals surface area contributed by atoms with Gasteiger partial charge in [-0.25, -0.2) is 0 Å². The maximum atomic E-state index is 11.6. The highest BCUT2D eigenvalue weighted by atomic mass is 35.5. The summed E-state index contributed by atoms with van der Waals surface area (Å²) in [6, 6.07) is 1.89. The van der Waals surface area contributed by atoms with Crippen molar-refractivity contribution in [2.45, 2.75) is 26.8 Å². The molecule has 2 heterocycles.